The largest absolute Gasteiger partial charge is 0.438 e. The van der Waals surface area contributed by atoms with Crippen molar-refractivity contribution >= 4 is 22.8 Å². The zero-order chi connectivity index (χ0) is 24.7. The minimum atomic E-state index is -4.51. The Morgan fingerprint density at radius 2 is 1.86 bits per heavy atom. The summed E-state index contributed by atoms with van der Waals surface area (Å²) in [4.78, 5) is 18.7. The number of amides is 2. The number of nitrogens with zero attached hydrogens (tertiary/aromatic N) is 2. The van der Waals surface area contributed by atoms with Gasteiger partial charge in [-0.1, -0.05) is 24.3 Å². The molecule has 0 unspecified atom stereocenters. The second-order valence-electron chi connectivity index (χ2n) is 8.18. The Balaban J connectivity index is 1.43. The van der Waals surface area contributed by atoms with Crippen molar-refractivity contribution in [1.29, 1.82) is 0 Å². The molecule has 0 saturated carbocycles. The molecule has 1 aromatic heterocycles. The number of rotatable bonds is 3. The number of aromatic nitrogens is 1. The van der Waals surface area contributed by atoms with Gasteiger partial charge in [-0.15, -0.1) is 0 Å². The molecule has 35 heavy (non-hydrogen) atoms. The van der Waals surface area contributed by atoms with E-state index in [4.69, 9.17) is 4.42 Å². The SMILES string of the molecule is O=C(Nc1ccc(F)cc1F)N1CCC[C@H]1c1nc2cc(-c3ccccc3C(F)(F)F)ccc2o1. The molecule has 2 heterocycles. The van der Waals surface area contributed by atoms with E-state index in [-0.39, 0.29) is 17.1 Å². The number of anilines is 1. The average Bonchev–Trinajstić information content (AvgIpc) is 3.46. The van der Waals surface area contributed by atoms with Gasteiger partial charge in [0.2, 0.25) is 5.89 Å². The van der Waals surface area contributed by atoms with Crippen LogP contribution in [0.1, 0.15) is 30.3 Å². The lowest BCUT2D eigenvalue weighted by Crippen LogP contribution is -2.34. The Labute approximate surface area is 196 Å². The predicted octanol–water partition coefficient (Wildman–Crippen LogP) is 7.16. The highest BCUT2D eigenvalue weighted by atomic mass is 19.4. The van der Waals surface area contributed by atoms with E-state index in [1.54, 1.807) is 6.07 Å². The number of hydrogen-bond acceptors (Lipinski definition) is 3. The summed E-state index contributed by atoms with van der Waals surface area (Å²) in [6.07, 6.45) is -3.33. The zero-order valence-electron chi connectivity index (χ0n) is 18.1. The van der Waals surface area contributed by atoms with Gasteiger partial charge in [0.15, 0.2) is 5.58 Å². The van der Waals surface area contributed by atoms with Crippen molar-refractivity contribution in [1.82, 2.24) is 9.88 Å². The van der Waals surface area contributed by atoms with E-state index in [9.17, 15) is 26.7 Å². The first-order valence-corrected chi connectivity index (χ1v) is 10.8. The number of fused-ring (bicyclic) bond motifs is 1. The molecule has 1 aliphatic heterocycles. The molecule has 2 amide bonds. The standard InChI is InChI=1S/C25H18F5N3O2/c26-15-8-9-19(18(27)13-15)32-24(34)33-11-3-6-21(33)23-31-20-12-14(7-10-22(20)35-23)16-4-1-2-5-17(16)25(28,29)30/h1-2,4-5,7-10,12-13,21H,3,6,11H2,(H,32,34)/t21-/m0/s1. The molecular formula is C25H18F5N3O2. The van der Waals surface area contributed by atoms with E-state index in [1.807, 2.05) is 0 Å². The number of likely N-dealkylation sites (tertiary alicyclic amines) is 1. The van der Waals surface area contributed by atoms with Gasteiger partial charge in [0, 0.05) is 12.6 Å². The second-order valence-corrected chi connectivity index (χ2v) is 8.18. The van der Waals surface area contributed by atoms with Crippen molar-refractivity contribution in [3.05, 3.63) is 83.8 Å². The minimum Gasteiger partial charge on any atom is -0.438 e. The maximum absolute atomic E-state index is 14.0. The Morgan fingerprint density at radius 3 is 2.63 bits per heavy atom. The van der Waals surface area contributed by atoms with E-state index in [1.165, 1.54) is 35.2 Å². The van der Waals surface area contributed by atoms with Crippen LogP contribution in [0.15, 0.2) is 65.1 Å². The summed E-state index contributed by atoms with van der Waals surface area (Å²) in [7, 11) is 0. The number of oxazole rings is 1. The number of halogens is 5. The summed E-state index contributed by atoms with van der Waals surface area (Å²) in [5, 5.41) is 2.43. The maximum Gasteiger partial charge on any atom is 0.417 e. The van der Waals surface area contributed by atoms with Gasteiger partial charge in [0.05, 0.1) is 11.3 Å². The third-order valence-corrected chi connectivity index (χ3v) is 5.92. The molecule has 1 fully saturated rings. The highest BCUT2D eigenvalue weighted by Gasteiger charge is 2.35. The summed E-state index contributed by atoms with van der Waals surface area (Å²) in [5.41, 5.74) is 0.159. The molecule has 3 aromatic carbocycles. The van der Waals surface area contributed by atoms with Crippen molar-refractivity contribution in [3.8, 4) is 11.1 Å². The van der Waals surface area contributed by atoms with Crippen molar-refractivity contribution < 1.29 is 31.2 Å². The van der Waals surface area contributed by atoms with Crippen LogP contribution in [0.2, 0.25) is 0 Å². The van der Waals surface area contributed by atoms with Crippen LogP contribution in [0.25, 0.3) is 22.2 Å². The zero-order valence-corrected chi connectivity index (χ0v) is 18.1. The van der Waals surface area contributed by atoms with E-state index in [2.05, 4.69) is 10.3 Å². The van der Waals surface area contributed by atoms with Gasteiger partial charge in [-0.05, 0) is 54.3 Å². The number of carbonyl (C=O) groups is 1. The third kappa shape index (κ3) is 4.43. The number of benzene rings is 3. The topological polar surface area (TPSA) is 58.4 Å². The number of alkyl halides is 3. The number of carbonyl (C=O) groups excluding carboxylic acids is 1. The van der Waals surface area contributed by atoms with Crippen LogP contribution in [0.5, 0.6) is 0 Å². The van der Waals surface area contributed by atoms with Crippen LogP contribution in [-0.4, -0.2) is 22.5 Å². The molecule has 1 aliphatic rings. The minimum absolute atomic E-state index is 0.0228. The van der Waals surface area contributed by atoms with Crippen LogP contribution in [0.4, 0.5) is 32.4 Å². The summed E-state index contributed by atoms with van der Waals surface area (Å²) in [6.45, 7) is 0.363. The fraction of sp³-hybridized carbons (Fsp3) is 0.200. The molecule has 5 nitrogen and oxygen atoms in total. The number of hydrogen-bond donors (Lipinski definition) is 1. The highest BCUT2D eigenvalue weighted by Crippen LogP contribution is 2.39. The molecule has 180 valence electrons. The Hall–Kier alpha value is -3.95. The van der Waals surface area contributed by atoms with E-state index in [0.29, 0.717) is 42.1 Å². The summed E-state index contributed by atoms with van der Waals surface area (Å²) < 4.78 is 73.3. The van der Waals surface area contributed by atoms with Gasteiger partial charge < -0.3 is 14.6 Å². The molecule has 1 atom stereocenters. The Kier molecular flexibility index (Phi) is 5.66. The highest BCUT2D eigenvalue weighted by molar-refractivity contribution is 5.90. The summed E-state index contributed by atoms with van der Waals surface area (Å²) in [5.74, 6) is -1.43. The molecule has 1 N–H and O–H groups in total. The molecule has 4 aromatic rings. The molecule has 0 spiro atoms. The third-order valence-electron chi connectivity index (χ3n) is 5.92. The van der Waals surface area contributed by atoms with Crippen LogP contribution in [0, 0.1) is 11.6 Å². The Morgan fingerprint density at radius 1 is 1.06 bits per heavy atom. The monoisotopic (exact) mass is 487 g/mol. The van der Waals surface area contributed by atoms with Crippen molar-refractivity contribution in [2.45, 2.75) is 25.1 Å². The Bertz CT molecular complexity index is 1420. The number of urea groups is 1. The number of nitrogens with one attached hydrogen (secondary N) is 1. The van der Waals surface area contributed by atoms with E-state index >= 15 is 0 Å². The van der Waals surface area contributed by atoms with Crippen molar-refractivity contribution in [2.75, 3.05) is 11.9 Å². The molecule has 0 aliphatic carbocycles. The van der Waals surface area contributed by atoms with Crippen molar-refractivity contribution in [3.63, 3.8) is 0 Å². The van der Waals surface area contributed by atoms with E-state index < -0.39 is 35.4 Å². The first kappa shape index (κ1) is 22.8. The first-order valence-electron chi connectivity index (χ1n) is 10.8. The normalized spacial score (nSPS) is 16.1. The molecule has 1 saturated heterocycles. The molecule has 5 rings (SSSR count). The van der Waals surface area contributed by atoms with Gasteiger partial charge >= 0.3 is 12.2 Å². The van der Waals surface area contributed by atoms with Crippen molar-refractivity contribution in [2.24, 2.45) is 0 Å². The molecule has 0 bridgehead atoms. The van der Waals surface area contributed by atoms with Gasteiger partial charge in [0.25, 0.3) is 0 Å². The fourth-order valence-electron chi connectivity index (χ4n) is 4.28. The fourth-order valence-corrected chi connectivity index (χ4v) is 4.28. The molecule has 0 radical (unpaired) electrons. The van der Waals surface area contributed by atoms with E-state index in [0.717, 1.165) is 18.2 Å². The van der Waals surface area contributed by atoms with Crippen LogP contribution >= 0.6 is 0 Å². The average molecular weight is 487 g/mol. The summed E-state index contributed by atoms with van der Waals surface area (Å²) >= 11 is 0. The van der Waals surface area contributed by atoms with Gasteiger partial charge in [-0.25, -0.2) is 18.6 Å². The first-order chi connectivity index (χ1) is 16.7. The predicted molar refractivity (Wildman–Crippen MR) is 119 cm³/mol. The second kappa shape index (κ2) is 8.68. The lowest BCUT2D eigenvalue weighted by atomic mass is 9.99. The van der Waals surface area contributed by atoms with Gasteiger partial charge in [0.1, 0.15) is 23.2 Å². The lowest BCUT2D eigenvalue weighted by Gasteiger charge is -2.22. The lowest BCUT2D eigenvalue weighted by molar-refractivity contribution is -0.137. The smallest absolute Gasteiger partial charge is 0.417 e. The van der Waals surface area contributed by atoms with Crippen LogP contribution in [0.3, 0.4) is 0 Å². The summed E-state index contributed by atoms with van der Waals surface area (Å²) in [6, 6.07) is 11.6. The van der Waals surface area contributed by atoms with Gasteiger partial charge in [-0.3, -0.25) is 0 Å². The van der Waals surface area contributed by atoms with Crippen LogP contribution in [-0.2, 0) is 6.18 Å². The molecule has 10 heteroatoms. The molecular weight excluding hydrogens is 469 g/mol. The maximum atomic E-state index is 14.0. The van der Waals surface area contributed by atoms with Crippen LogP contribution < -0.4 is 5.32 Å². The quantitative estimate of drug-likeness (QED) is 0.312. The van der Waals surface area contributed by atoms with Gasteiger partial charge in [-0.2, -0.15) is 13.2 Å².